The van der Waals surface area contributed by atoms with Gasteiger partial charge in [-0.3, -0.25) is 4.79 Å². The third-order valence-corrected chi connectivity index (χ3v) is 4.72. The van der Waals surface area contributed by atoms with Gasteiger partial charge in [-0.15, -0.1) is 0 Å². The molecule has 1 amide bonds. The standard InChI is InChI=1S/C18H23FN2O3/c1-18(2,3)24-17(23)21-13-5-6-14(21)9-12(8-13)16(22)11-4-7-15(19)20-10-11/h4,7,10,12-14H,5-6,8-9H2,1-3H3. The van der Waals surface area contributed by atoms with Crippen LogP contribution in [0.15, 0.2) is 18.3 Å². The normalized spacial score (nSPS) is 26.3. The Balaban J connectivity index is 1.70. The maximum absolute atomic E-state index is 12.9. The summed E-state index contributed by atoms with van der Waals surface area (Å²) >= 11 is 0. The molecular weight excluding hydrogens is 311 g/mol. The minimum Gasteiger partial charge on any atom is -0.444 e. The van der Waals surface area contributed by atoms with E-state index in [0.29, 0.717) is 18.4 Å². The molecule has 3 rings (SSSR count). The maximum Gasteiger partial charge on any atom is 0.410 e. The number of halogens is 1. The van der Waals surface area contributed by atoms with Gasteiger partial charge in [0.05, 0.1) is 0 Å². The van der Waals surface area contributed by atoms with Gasteiger partial charge < -0.3 is 9.64 Å². The number of fused-ring (bicyclic) bond motifs is 2. The van der Waals surface area contributed by atoms with Gasteiger partial charge in [0.25, 0.3) is 0 Å². The van der Waals surface area contributed by atoms with Crippen LogP contribution in [0.4, 0.5) is 9.18 Å². The molecule has 130 valence electrons. The average Bonchev–Trinajstić information content (AvgIpc) is 2.76. The molecule has 2 unspecified atom stereocenters. The van der Waals surface area contributed by atoms with Crippen LogP contribution in [-0.4, -0.2) is 39.4 Å². The van der Waals surface area contributed by atoms with E-state index in [2.05, 4.69) is 4.98 Å². The largest absolute Gasteiger partial charge is 0.444 e. The van der Waals surface area contributed by atoms with Crippen molar-refractivity contribution in [2.75, 3.05) is 0 Å². The second-order valence-electron chi connectivity index (χ2n) is 7.67. The fourth-order valence-corrected chi connectivity index (χ4v) is 3.76. The molecule has 0 spiro atoms. The van der Waals surface area contributed by atoms with Gasteiger partial charge in [-0.25, -0.2) is 9.78 Å². The zero-order valence-corrected chi connectivity index (χ0v) is 14.3. The highest BCUT2D eigenvalue weighted by Crippen LogP contribution is 2.40. The number of pyridine rings is 1. The molecule has 0 saturated carbocycles. The minimum absolute atomic E-state index is 0.0109. The number of carbonyl (C=O) groups excluding carboxylic acids is 2. The lowest BCUT2D eigenvalue weighted by atomic mass is 9.85. The number of hydrogen-bond acceptors (Lipinski definition) is 4. The van der Waals surface area contributed by atoms with Crippen LogP contribution in [0.2, 0.25) is 0 Å². The van der Waals surface area contributed by atoms with E-state index in [1.165, 1.54) is 18.3 Å². The molecule has 2 fully saturated rings. The number of carbonyl (C=O) groups is 2. The molecule has 0 radical (unpaired) electrons. The molecule has 2 aliphatic rings. The fourth-order valence-electron chi connectivity index (χ4n) is 3.76. The molecule has 0 N–H and O–H groups in total. The molecule has 2 bridgehead atoms. The number of piperidine rings is 1. The van der Waals surface area contributed by atoms with Gasteiger partial charge in [-0.2, -0.15) is 4.39 Å². The monoisotopic (exact) mass is 334 g/mol. The lowest BCUT2D eigenvalue weighted by Crippen LogP contribution is -2.49. The van der Waals surface area contributed by atoms with Gasteiger partial charge in [0, 0.05) is 29.8 Å². The molecule has 0 aliphatic carbocycles. The van der Waals surface area contributed by atoms with E-state index in [1.807, 2.05) is 25.7 Å². The van der Waals surface area contributed by atoms with E-state index >= 15 is 0 Å². The first-order valence-electron chi connectivity index (χ1n) is 8.41. The van der Waals surface area contributed by atoms with Crippen LogP contribution in [-0.2, 0) is 4.74 Å². The summed E-state index contributed by atoms with van der Waals surface area (Å²) in [6.07, 6.45) is 4.06. The predicted molar refractivity (Wildman–Crippen MR) is 86.1 cm³/mol. The maximum atomic E-state index is 12.9. The van der Waals surface area contributed by atoms with E-state index < -0.39 is 11.5 Å². The van der Waals surface area contributed by atoms with Crippen LogP contribution in [0.5, 0.6) is 0 Å². The number of Topliss-reactive ketones (excluding diaryl/α,β-unsaturated/α-hetero) is 1. The lowest BCUT2D eigenvalue weighted by Gasteiger charge is -2.39. The van der Waals surface area contributed by atoms with Crippen molar-refractivity contribution in [2.24, 2.45) is 5.92 Å². The number of nitrogens with zero attached hydrogens (tertiary/aromatic N) is 2. The van der Waals surface area contributed by atoms with Gasteiger partial charge in [-0.05, 0) is 58.6 Å². The third kappa shape index (κ3) is 3.42. The summed E-state index contributed by atoms with van der Waals surface area (Å²) in [7, 11) is 0. The van der Waals surface area contributed by atoms with Crippen LogP contribution in [0.3, 0.4) is 0 Å². The highest BCUT2D eigenvalue weighted by Gasteiger charge is 2.46. The zero-order chi connectivity index (χ0) is 17.5. The number of hydrogen-bond donors (Lipinski definition) is 0. The van der Waals surface area contributed by atoms with Crippen molar-refractivity contribution in [1.82, 2.24) is 9.88 Å². The second-order valence-corrected chi connectivity index (χ2v) is 7.67. The van der Waals surface area contributed by atoms with Crippen LogP contribution in [0.25, 0.3) is 0 Å². The molecule has 2 atom stereocenters. The van der Waals surface area contributed by atoms with Gasteiger partial charge >= 0.3 is 6.09 Å². The Morgan fingerprint density at radius 3 is 2.33 bits per heavy atom. The van der Waals surface area contributed by atoms with Crippen LogP contribution in [0, 0.1) is 11.9 Å². The summed E-state index contributed by atoms with van der Waals surface area (Å²) in [6.45, 7) is 5.56. The highest BCUT2D eigenvalue weighted by atomic mass is 19.1. The first-order chi connectivity index (χ1) is 11.2. The van der Waals surface area contributed by atoms with E-state index in [-0.39, 0.29) is 29.9 Å². The second kappa shape index (κ2) is 6.15. The van der Waals surface area contributed by atoms with Crippen LogP contribution in [0.1, 0.15) is 56.8 Å². The molecule has 5 nitrogen and oxygen atoms in total. The Labute approximate surface area is 141 Å². The quantitative estimate of drug-likeness (QED) is 0.613. The Kier molecular flexibility index (Phi) is 4.32. The topological polar surface area (TPSA) is 59.5 Å². The zero-order valence-electron chi connectivity index (χ0n) is 14.3. The van der Waals surface area contributed by atoms with E-state index in [9.17, 15) is 14.0 Å². The number of ether oxygens (including phenoxy) is 1. The van der Waals surface area contributed by atoms with Crippen molar-refractivity contribution in [3.05, 3.63) is 29.8 Å². The van der Waals surface area contributed by atoms with Gasteiger partial charge in [-0.1, -0.05) is 0 Å². The molecule has 24 heavy (non-hydrogen) atoms. The fraction of sp³-hybridized carbons (Fsp3) is 0.611. The first kappa shape index (κ1) is 16.9. The van der Waals surface area contributed by atoms with Crippen LogP contribution < -0.4 is 0 Å². The summed E-state index contributed by atoms with van der Waals surface area (Å²) in [5.74, 6) is -0.747. The van der Waals surface area contributed by atoms with Crippen molar-refractivity contribution in [1.29, 1.82) is 0 Å². The Hall–Kier alpha value is -1.98. The highest BCUT2D eigenvalue weighted by molar-refractivity contribution is 5.97. The molecule has 3 heterocycles. The summed E-state index contributed by atoms with van der Waals surface area (Å²) in [6, 6.07) is 2.77. The predicted octanol–water partition coefficient (Wildman–Crippen LogP) is 3.58. The Bertz CT molecular complexity index is 625. The molecule has 6 heteroatoms. The minimum atomic E-state index is -0.591. The van der Waals surface area contributed by atoms with Gasteiger partial charge in [0.15, 0.2) is 5.78 Å². The van der Waals surface area contributed by atoms with Crippen molar-refractivity contribution in [3.8, 4) is 0 Å². The smallest absolute Gasteiger partial charge is 0.410 e. The number of ketones is 1. The molecule has 2 saturated heterocycles. The van der Waals surface area contributed by atoms with Crippen LogP contribution >= 0.6 is 0 Å². The van der Waals surface area contributed by atoms with Crippen molar-refractivity contribution in [3.63, 3.8) is 0 Å². The third-order valence-electron chi connectivity index (χ3n) is 4.72. The molecule has 1 aromatic heterocycles. The molecular formula is C18H23FN2O3. The van der Waals surface area contributed by atoms with E-state index in [0.717, 1.165) is 12.8 Å². The SMILES string of the molecule is CC(C)(C)OC(=O)N1C2CCC1CC(C(=O)c1ccc(F)nc1)C2. The summed E-state index contributed by atoms with van der Waals surface area (Å²) in [5.41, 5.74) is -0.0882. The van der Waals surface area contributed by atoms with Crippen molar-refractivity contribution < 1.29 is 18.7 Å². The Morgan fingerprint density at radius 2 is 1.83 bits per heavy atom. The van der Waals surface area contributed by atoms with Gasteiger partial charge in [0.2, 0.25) is 5.95 Å². The van der Waals surface area contributed by atoms with Crippen molar-refractivity contribution in [2.45, 2.75) is 64.1 Å². The average molecular weight is 334 g/mol. The summed E-state index contributed by atoms with van der Waals surface area (Å²) < 4.78 is 18.4. The molecule has 2 aliphatic heterocycles. The Morgan fingerprint density at radius 1 is 1.21 bits per heavy atom. The van der Waals surface area contributed by atoms with E-state index in [4.69, 9.17) is 4.74 Å². The summed E-state index contributed by atoms with van der Waals surface area (Å²) in [5, 5.41) is 0. The summed E-state index contributed by atoms with van der Waals surface area (Å²) in [4.78, 5) is 30.4. The number of rotatable bonds is 2. The van der Waals surface area contributed by atoms with Crippen molar-refractivity contribution >= 4 is 11.9 Å². The number of amides is 1. The number of aromatic nitrogens is 1. The molecule has 1 aromatic rings. The van der Waals surface area contributed by atoms with Gasteiger partial charge in [0.1, 0.15) is 5.60 Å². The molecule has 0 aromatic carbocycles. The first-order valence-corrected chi connectivity index (χ1v) is 8.41. The lowest BCUT2D eigenvalue weighted by molar-refractivity contribution is 0.00254. The van der Waals surface area contributed by atoms with E-state index in [1.54, 1.807) is 0 Å².